The molecule has 0 amide bonds. The molecule has 0 aliphatic rings. The maximum Gasteiger partial charge on any atom is 0 e. The van der Waals surface area contributed by atoms with Crippen molar-refractivity contribution in [1.29, 1.82) is 0 Å². The summed E-state index contributed by atoms with van der Waals surface area (Å²) >= 11 is 0. The van der Waals surface area contributed by atoms with Crippen LogP contribution in [0.4, 0.5) is 0 Å². The van der Waals surface area contributed by atoms with Gasteiger partial charge in [-0.1, -0.05) is 0 Å². The molecule has 10 heavy (non-hydrogen) atoms. The Kier molecular flexibility index (Phi) is 2540. The molecule has 0 unspecified atom stereocenters. The topological polar surface area (TPSA) is 31.5 Å². The van der Waals surface area contributed by atoms with Gasteiger partial charge in [0, 0.05) is 42.1 Å². The second-order valence-electron chi connectivity index (χ2n) is 0. The Morgan fingerprint density at radius 1 is 0.300 bits per heavy atom. The molecule has 0 aliphatic carbocycles. The van der Waals surface area contributed by atoms with Gasteiger partial charge in [-0.2, -0.15) is 0 Å². The van der Waals surface area contributed by atoms with Gasteiger partial charge in [-0.15, -0.1) is 86.8 Å². The van der Waals surface area contributed by atoms with Crippen LogP contribution in [0.3, 0.4) is 0 Å². The summed E-state index contributed by atoms with van der Waals surface area (Å²) in [6.07, 6.45) is 0. The van der Waals surface area contributed by atoms with Gasteiger partial charge in [-0.25, -0.2) is 0 Å². The standard InChI is InChI=1S/7ClH.H2O.2Pt/h7*1H;1H2;;. The molecule has 0 radical (unpaired) electrons. The predicted octanol–water partition coefficient (Wildman–Crippen LogP) is 2.12. The number of rotatable bonds is 0. The van der Waals surface area contributed by atoms with Gasteiger partial charge in [0.25, 0.3) is 0 Å². The van der Waals surface area contributed by atoms with Crippen molar-refractivity contribution in [3.05, 3.63) is 0 Å². The largest absolute Gasteiger partial charge is 0.412 e. The van der Waals surface area contributed by atoms with Crippen molar-refractivity contribution in [3.63, 3.8) is 0 Å². The van der Waals surface area contributed by atoms with Crippen LogP contribution in [0.1, 0.15) is 0 Å². The molecule has 0 fully saturated rings. The first-order valence-electron chi connectivity index (χ1n) is 0. The van der Waals surface area contributed by atoms with E-state index in [9.17, 15) is 0 Å². The zero-order valence-electron chi connectivity index (χ0n) is 3.99. The normalized spacial score (nSPS) is 0. The van der Waals surface area contributed by atoms with E-state index in [1.807, 2.05) is 0 Å². The Labute approximate surface area is 133 Å². The molecule has 0 aliphatic heterocycles. The molecule has 0 spiro atoms. The molecule has 0 bridgehead atoms. The van der Waals surface area contributed by atoms with Gasteiger partial charge in [0.2, 0.25) is 0 Å². The van der Waals surface area contributed by atoms with Crippen molar-refractivity contribution >= 4 is 86.8 Å². The molecular weight excluding hydrogens is 654 g/mol. The summed E-state index contributed by atoms with van der Waals surface area (Å²) in [6.45, 7) is 0. The average molecular weight is 663 g/mol. The zero-order chi connectivity index (χ0) is 0. The summed E-state index contributed by atoms with van der Waals surface area (Å²) in [5.74, 6) is 0. The average Bonchev–Trinajstić information content (AvgIpc) is 0. The summed E-state index contributed by atoms with van der Waals surface area (Å²) < 4.78 is 0. The molecule has 0 atom stereocenters. The summed E-state index contributed by atoms with van der Waals surface area (Å²) in [5, 5.41) is 0. The van der Waals surface area contributed by atoms with Crippen molar-refractivity contribution in [3.8, 4) is 0 Å². The van der Waals surface area contributed by atoms with Crippen LogP contribution in [0, 0.1) is 0 Å². The molecular formula is H9Cl7OPt2. The minimum atomic E-state index is 0. The van der Waals surface area contributed by atoms with Crippen LogP contribution in [0.25, 0.3) is 0 Å². The quantitative estimate of drug-likeness (QED) is 0.381. The van der Waals surface area contributed by atoms with Gasteiger partial charge < -0.3 is 5.48 Å². The first kappa shape index (κ1) is 180. The maximum atomic E-state index is 0. The summed E-state index contributed by atoms with van der Waals surface area (Å²) in [7, 11) is 0. The van der Waals surface area contributed by atoms with E-state index < -0.39 is 0 Å². The molecule has 1 nitrogen and oxygen atoms in total. The Balaban J connectivity index is 0. The van der Waals surface area contributed by atoms with Gasteiger partial charge in [0.15, 0.2) is 0 Å². The van der Waals surface area contributed by atoms with E-state index in [1.54, 1.807) is 0 Å². The molecule has 0 aromatic rings. The van der Waals surface area contributed by atoms with Crippen LogP contribution in [-0.2, 0) is 42.1 Å². The van der Waals surface area contributed by atoms with Crippen molar-refractivity contribution in [1.82, 2.24) is 0 Å². The third-order valence-electron chi connectivity index (χ3n) is 0. The second-order valence-corrected chi connectivity index (χ2v) is 0. The zero-order valence-corrected chi connectivity index (χ0v) is 14.3. The van der Waals surface area contributed by atoms with Crippen LogP contribution < -0.4 is 0 Å². The molecule has 0 saturated carbocycles. The Morgan fingerprint density at radius 2 is 0.300 bits per heavy atom. The molecule has 0 aromatic heterocycles. The third kappa shape index (κ3) is 108. The van der Waals surface area contributed by atoms with Gasteiger partial charge >= 0.3 is 0 Å². The fourth-order valence-electron chi connectivity index (χ4n) is 0. The van der Waals surface area contributed by atoms with Gasteiger partial charge in [0.1, 0.15) is 0 Å². The van der Waals surface area contributed by atoms with E-state index in [4.69, 9.17) is 0 Å². The van der Waals surface area contributed by atoms with Crippen molar-refractivity contribution in [2.75, 3.05) is 0 Å². The summed E-state index contributed by atoms with van der Waals surface area (Å²) in [6, 6.07) is 0. The minimum Gasteiger partial charge on any atom is -0.412 e. The van der Waals surface area contributed by atoms with Crippen LogP contribution >= 0.6 is 86.8 Å². The fourth-order valence-corrected chi connectivity index (χ4v) is 0. The molecule has 10 heteroatoms. The van der Waals surface area contributed by atoms with E-state index in [-0.39, 0.29) is 134 Å². The number of hydrogen-bond donors (Lipinski definition) is 0. The van der Waals surface area contributed by atoms with Crippen molar-refractivity contribution in [2.45, 2.75) is 0 Å². The van der Waals surface area contributed by atoms with Crippen LogP contribution in [0.15, 0.2) is 0 Å². The Morgan fingerprint density at radius 3 is 0.300 bits per heavy atom. The molecule has 0 aromatic carbocycles. The molecule has 0 rings (SSSR count). The molecule has 0 saturated heterocycles. The van der Waals surface area contributed by atoms with E-state index in [1.165, 1.54) is 0 Å². The SMILES string of the molecule is Cl.Cl.Cl.Cl.Cl.Cl.Cl.O.[Pt].[Pt]. The van der Waals surface area contributed by atoms with Crippen molar-refractivity contribution in [2.24, 2.45) is 0 Å². The first-order valence-corrected chi connectivity index (χ1v) is 0. The van der Waals surface area contributed by atoms with Crippen LogP contribution in [-0.4, -0.2) is 5.48 Å². The molecule has 0 heterocycles. The van der Waals surface area contributed by atoms with Gasteiger partial charge in [-0.3, -0.25) is 0 Å². The van der Waals surface area contributed by atoms with E-state index in [0.29, 0.717) is 0 Å². The fraction of sp³-hybridized carbons (Fsp3) is 0. The Bertz CT molecular complexity index is 11.6. The molecule has 2 N–H and O–H groups in total. The second kappa shape index (κ2) is 141. The number of halogens is 7. The van der Waals surface area contributed by atoms with E-state index >= 15 is 0 Å². The Hall–Kier alpha value is 3.37. The number of hydrogen-bond acceptors (Lipinski definition) is 0. The minimum absolute atomic E-state index is 0. The van der Waals surface area contributed by atoms with Gasteiger partial charge in [0.05, 0.1) is 0 Å². The van der Waals surface area contributed by atoms with E-state index in [2.05, 4.69) is 0 Å². The monoisotopic (exact) mass is 660 g/mol. The predicted molar refractivity (Wildman–Crippen MR) is 54.3 cm³/mol. The summed E-state index contributed by atoms with van der Waals surface area (Å²) in [4.78, 5) is 0. The molecule has 84 valence electrons. The van der Waals surface area contributed by atoms with Crippen LogP contribution in [0.5, 0.6) is 0 Å². The van der Waals surface area contributed by atoms with Gasteiger partial charge in [-0.05, 0) is 0 Å². The smallest absolute Gasteiger partial charge is 0 e. The van der Waals surface area contributed by atoms with Crippen LogP contribution in [0.2, 0.25) is 0 Å². The third-order valence-corrected chi connectivity index (χ3v) is 0. The summed E-state index contributed by atoms with van der Waals surface area (Å²) in [5.41, 5.74) is 0. The first-order chi connectivity index (χ1) is 0. The maximum absolute atomic E-state index is 0. The van der Waals surface area contributed by atoms with E-state index in [0.717, 1.165) is 0 Å². The van der Waals surface area contributed by atoms with Crippen molar-refractivity contribution < 1.29 is 47.6 Å².